The van der Waals surface area contributed by atoms with Crippen molar-refractivity contribution in [2.45, 2.75) is 39.0 Å². The summed E-state index contributed by atoms with van der Waals surface area (Å²) in [5, 5.41) is 0. The number of ether oxygens (including phenoxy) is 2. The summed E-state index contributed by atoms with van der Waals surface area (Å²) in [6.45, 7) is 7.48. The SMILES string of the molecule is CC(C)(C)N1C(=O)OCC1COCc1ccccc1. The number of hydrogen-bond acceptors (Lipinski definition) is 3. The number of hydrogen-bond donors (Lipinski definition) is 0. The van der Waals surface area contributed by atoms with E-state index >= 15 is 0 Å². The van der Waals surface area contributed by atoms with Crippen LogP contribution in [0.4, 0.5) is 4.79 Å². The Hall–Kier alpha value is -1.55. The van der Waals surface area contributed by atoms with Crippen molar-refractivity contribution in [2.24, 2.45) is 0 Å². The van der Waals surface area contributed by atoms with Crippen LogP contribution in [0, 0.1) is 0 Å². The van der Waals surface area contributed by atoms with Crippen molar-refractivity contribution in [3.63, 3.8) is 0 Å². The van der Waals surface area contributed by atoms with Gasteiger partial charge in [-0.2, -0.15) is 0 Å². The average molecular weight is 263 g/mol. The first-order valence-electron chi connectivity index (χ1n) is 6.56. The number of carbonyl (C=O) groups excluding carboxylic acids is 1. The van der Waals surface area contributed by atoms with Crippen molar-refractivity contribution in [1.82, 2.24) is 4.90 Å². The fraction of sp³-hybridized carbons (Fsp3) is 0.533. The molecule has 1 heterocycles. The molecule has 1 amide bonds. The van der Waals surface area contributed by atoms with Crippen LogP contribution in [0.3, 0.4) is 0 Å². The molecule has 2 rings (SSSR count). The molecule has 1 aliphatic heterocycles. The molecule has 1 unspecified atom stereocenters. The molecule has 0 aromatic heterocycles. The fourth-order valence-corrected chi connectivity index (χ4v) is 2.29. The third kappa shape index (κ3) is 3.47. The number of amides is 1. The van der Waals surface area contributed by atoms with Crippen LogP contribution in [0.1, 0.15) is 26.3 Å². The van der Waals surface area contributed by atoms with Gasteiger partial charge >= 0.3 is 6.09 Å². The van der Waals surface area contributed by atoms with Crippen LogP contribution in [0.5, 0.6) is 0 Å². The van der Waals surface area contributed by atoms with Gasteiger partial charge in [-0.05, 0) is 26.3 Å². The Labute approximate surface area is 114 Å². The van der Waals surface area contributed by atoms with E-state index in [-0.39, 0.29) is 17.7 Å². The van der Waals surface area contributed by atoms with Gasteiger partial charge in [-0.1, -0.05) is 30.3 Å². The summed E-state index contributed by atoms with van der Waals surface area (Å²) in [4.78, 5) is 13.5. The lowest BCUT2D eigenvalue weighted by molar-refractivity contribution is 0.0505. The molecule has 1 aromatic rings. The van der Waals surface area contributed by atoms with Crippen LogP contribution in [0.2, 0.25) is 0 Å². The smallest absolute Gasteiger partial charge is 0.410 e. The molecule has 19 heavy (non-hydrogen) atoms. The zero-order valence-corrected chi connectivity index (χ0v) is 11.8. The third-order valence-corrected chi connectivity index (χ3v) is 3.11. The van der Waals surface area contributed by atoms with Crippen LogP contribution in [-0.4, -0.2) is 35.8 Å². The topological polar surface area (TPSA) is 38.8 Å². The molecule has 4 heteroatoms. The Morgan fingerprint density at radius 3 is 2.63 bits per heavy atom. The second-order valence-corrected chi connectivity index (χ2v) is 5.77. The lowest BCUT2D eigenvalue weighted by Crippen LogP contribution is -2.48. The first kappa shape index (κ1) is 13.9. The summed E-state index contributed by atoms with van der Waals surface area (Å²) in [5.74, 6) is 0. The van der Waals surface area contributed by atoms with Gasteiger partial charge in [0.1, 0.15) is 6.61 Å². The number of rotatable bonds is 4. The summed E-state index contributed by atoms with van der Waals surface area (Å²) < 4.78 is 10.8. The van der Waals surface area contributed by atoms with E-state index in [9.17, 15) is 4.79 Å². The largest absolute Gasteiger partial charge is 0.447 e. The lowest BCUT2D eigenvalue weighted by atomic mass is 10.0. The Bertz CT molecular complexity index is 425. The predicted octanol–water partition coefficient (Wildman–Crippen LogP) is 2.82. The maximum absolute atomic E-state index is 11.7. The average Bonchev–Trinajstić information content (AvgIpc) is 2.72. The van der Waals surface area contributed by atoms with Crippen molar-refractivity contribution >= 4 is 6.09 Å². The van der Waals surface area contributed by atoms with E-state index in [1.165, 1.54) is 0 Å². The minimum absolute atomic E-state index is 0.00351. The highest BCUT2D eigenvalue weighted by Crippen LogP contribution is 2.24. The first-order valence-corrected chi connectivity index (χ1v) is 6.56. The standard InChI is InChI=1S/C15H21NO3/c1-15(2,3)16-13(11-19-14(16)17)10-18-9-12-7-5-4-6-8-12/h4-8,13H,9-11H2,1-3H3. The van der Waals surface area contributed by atoms with Gasteiger partial charge in [0.15, 0.2) is 0 Å². The molecule has 104 valence electrons. The normalized spacial score (nSPS) is 19.6. The first-order chi connectivity index (χ1) is 8.98. The molecule has 0 aliphatic carbocycles. The van der Waals surface area contributed by atoms with Gasteiger partial charge in [-0.15, -0.1) is 0 Å². The van der Waals surface area contributed by atoms with Gasteiger partial charge in [-0.25, -0.2) is 4.79 Å². The molecule has 0 saturated carbocycles. The fourth-order valence-electron chi connectivity index (χ4n) is 2.29. The Morgan fingerprint density at radius 1 is 1.32 bits per heavy atom. The molecule has 0 N–H and O–H groups in total. The van der Waals surface area contributed by atoms with E-state index in [2.05, 4.69) is 0 Å². The van der Waals surface area contributed by atoms with Crippen LogP contribution < -0.4 is 0 Å². The van der Waals surface area contributed by atoms with Gasteiger partial charge in [-0.3, -0.25) is 4.90 Å². The molecule has 1 fully saturated rings. The molecule has 1 atom stereocenters. The monoisotopic (exact) mass is 263 g/mol. The lowest BCUT2D eigenvalue weighted by Gasteiger charge is -2.34. The maximum Gasteiger partial charge on any atom is 0.410 e. The predicted molar refractivity (Wildman–Crippen MR) is 72.8 cm³/mol. The van der Waals surface area contributed by atoms with E-state index in [1.54, 1.807) is 4.90 Å². The Morgan fingerprint density at radius 2 is 2.00 bits per heavy atom. The van der Waals surface area contributed by atoms with E-state index in [0.717, 1.165) is 5.56 Å². The zero-order chi connectivity index (χ0) is 13.9. The van der Waals surface area contributed by atoms with Crippen molar-refractivity contribution in [3.05, 3.63) is 35.9 Å². The molecular weight excluding hydrogens is 242 g/mol. The van der Waals surface area contributed by atoms with Crippen molar-refractivity contribution in [2.75, 3.05) is 13.2 Å². The van der Waals surface area contributed by atoms with E-state index < -0.39 is 0 Å². The van der Waals surface area contributed by atoms with Crippen molar-refractivity contribution < 1.29 is 14.3 Å². The van der Waals surface area contributed by atoms with E-state index in [1.807, 2.05) is 51.1 Å². The van der Waals surface area contributed by atoms with Crippen LogP contribution in [0.25, 0.3) is 0 Å². The second kappa shape index (κ2) is 5.61. The van der Waals surface area contributed by atoms with E-state index in [4.69, 9.17) is 9.47 Å². The quantitative estimate of drug-likeness (QED) is 0.838. The molecule has 1 aromatic carbocycles. The molecule has 1 saturated heterocycles. The number of benzene rings is 1. The highest BCUT2D eigenvalue weighted by Gasteiger charge is 2.40. The zero-order valence-electron chi connectivity index (χ0n) is 11.8. The highest BCUT2D eigenvalue weighted by molar-refractivity contribution is 5.71. The molecular formula is C15H21NO3. The number of cyclic esters (lactones) is 1. The van der Waals surface area contributed by atoms with Gasteiger partial charge in [0.2, 0.25) is 0 Å². The molecule has 0 bridgehead atoms. The summed E-state index contributed by atoms with van der Waals surface area (Å²) >= 11 is 0. The van der Waals surface area contributed by atoms with Crippen LogP contribution in [-0.2, 0) is 16.1 Å². The number of nitrogens with zero attached hydrogens (tertiary/aromatic N) is 1. The van der Waals surface area contributed by atoms with Crippen LogP contribution in [0.15, 0.2) is 30.3 Å². The maximum atomic E-state index is 11.7. The van der Waals surface area contributed by atoms with Gasteiger partial charge in [0, 0.05) is 5.54 Å². The minimum atomic E-state index is -0.249. The van der Waals surface area contributed by atoms with Crippen molar-refractivity contribution in [1.29, 1.82) is 0 Å². The molecule has 0 spiro atoms. The molecule has 0 radical (unpaired) electrons. The third-order valence-electron chi connectivity index (χ3n) is 3.11. The van der Waals surface area contributed by atoms with Gasteiger partial charge < -0.3 is 9.47 Å². The van der Waals surface area contributed by atoms with Gasteiger partial charge in [0.25, 0.3) is 0 Å². The molecule has 4 nitrogen and oxygen atoms in total. The highest BCUT2D eigenvalue weighted by atomic mass is 16.6. The summed E-state index contributed by atoms with van der Waals surface area (Å²) in [7, 11) is 0. The minimum Gasteiger partial charge on any atom is -0.447 e. The summed E-state index contributed by atoms with van der Waals surface area (Å²) in [5.41, 5.74) is 0.893. The van der Waals surface area contributed by atoms with E-state index in [0.29, 0.717) is 19.8 Å². The second-order valence-electron chi connectivity index (χ2n) is 5.77. The van der Waals surface area contributed by atoms with Crippen molar-refractivity contribution in [3.8, 4) is 0 Å². The molecule has 1 aliphatic rings. The summed E-state index contributed by atoms with van der Waals surface area (Å²) in [6, 6.07) is 10.0. The van der Waals surface area contributed by atoms with Gasteiger partial charge in [0.05, 0.1) is 19.3 Å². The van der Waals surface area contributed by atoms with Crippen LogP contribution >= 0.6 is 0 Å². The number of carbonyl (C=O) groups is 1. The Kier molecular flexibility index (Phi) is 4.10. The Balaban J connectivity index is 1.87. The summed E-state index contributed by atoms with van der Waals surface area (Å²) in [6.07, 6.45) is -0.249.